The lowest BCUT2D eigenvalue weighted by atomic mass is 9.80. The quantitative estimate of drug-likeness (QED) is 0.607. The highest BCUT2D eigenvalue weighted by Crippen LogP contribution is 2.26. The highest BCUT2D eigenvalue weighted by atomic mass is 16.5. The number of hydrogen-bond acceptors (Lipinski definition) is 2. The van der Waals surface area contributed by atoms with Crippen LogP contribution in [0.15, 0.2) is 0 Å². The van der Waals surface area contributed by atoms with Crippen LogP contribution in [0.1, 0.15) is 46.0 Å². The second-order valence-electron chi connectivity index (χ2n) is 4.57. The van der Waals surface area contributed by atoms with E-state index in [1.807, 2.05) is 0 Å². The van der Waals surface area contributed by atoms with Crippen molar-refractivity contribution < 1.29 is 4.74 Å². The van der Waals surface area contributed by atoms with E-state index < -0.39 is 0 Å². The minimum atomic E-state index is 0.477. The van der Waals surface area contributed by atoms with Gasteiger partial charge in [-0.2, -0.15) is 0 Å². The minimum absolute atomic E-state index is 0.477. The van der Waals surface area contributed by atoms with Gasteiger partial charge in [-0.1, -0.05) is 33.1 Å². The van der Waals surface area contributed by atoms with Crippen molar-refractivity contribution >= 4 is 0 Å². The number of unbranched alkanes of at least 4 members (excludes halogenated alkanes) is 3. The standard InChI is InChI=1S/C12H25NO/c1-3-5-6-7-8-14-11-12(4-2)9-13-10-12/h13H,3-11H2,1-2H3. The largest absolute Gasteiger partial charge is 0.381 e. The molecule has 84 valence electrons. The molecule has 1 fully saturated rings. The van der Waals surface area contributed by atoms with Crippen LogP contribution >= 0.6 is 0 Å². The molecule has 1 heterocycles. The fourth-order valence-electron chi connectivity index (χ4n) is 1.85. The van der Waals surface area contributed by atoms with Crippen LogP contribution in [0.2, 0.25) is 0 Å². The monoisotopic (exact) mass is 199 g/mol. The molecular formula is C12H25NO. The molecule has 0 radical (unpaired) electrons. The Labute approximate surface area is 88.4 Å². The average Bonchev–Trinajstić information content (AvgIpc) is 2.15. The molecule has 0 amide bonds. The zero-order chi connectivity index (χ0) is 10.3. The van der Waals surface area contributed by atoms with E-state index in [0.717, 1.165) is 26.3 Å². The van der Waals surface area contributed by atoms with Crippen LogP contribution in [0.25, 0.3) is 0 Å². The molecule has 1 N–H and O–H groups in total. The van der Waals surface area contributed by atoms with Gasteiger partial charge in [0.1, 0.15) is 0 Å². The second-order valence-corrected chi connectivity index (χ2v) is 4.57. The summed E-state index contributed by atoms with van der Waals surface area (Å²) in [5.74, 6) is 0. The molecule has 1 aliphatic heterocycles. The first-order valence-corrected chi connectivity index (χ1v) is 6.11. The molecule has 0 saturated carbocycles. The molecule has 1 rings (SSSR count). The van der Waals surface area contributed by atoms with Crippen LogP contribution in [0.4, 0.5) is 0 Å². The molecule has 0 spiro atoms. The van der Waals surface area contributed by atoms with Gasteiger partial charge in [0.05, 0.1) is 6.61 Å². The summed E-state index contributed by atoms with van der Waals surface area (Å²) in [5.41, 5.74) is 0.477. The molecule has 0 atom stereocenters. The molecule has 1 aliphatic rings. The van der Waals surface area contributed by atoms with Crippen molar-refractivity contribution in [3.8, 4) is 0 Å². The van der Waals surface area contributed by atoms with Gasteiger partial charge >= 0.3 is 0 Å². The summed E-state index contributed by atoms with van der Waals surface area (Å²) in [5, 5.41) is 3.33. The van der Waals surface area contributed by atoms with Gasteiger partial charge in [0.2, 0.25) is 0 Å². The smallest absolute Gasteiger partial charge is 0.0546 e. The number of ether oxygens (including phenoxy) is 1. The van der Waals surface area contributed by atoms with E-state index in [1.165, 1.54) is 32.1 Å². The molecule has 2 nitrogen and oxygen atoms in total. The van der Waals surface area contributed by atoms with Crippen molar-refractivity contribution in [3.63, 3.8) is 0 Å². The van der Waals surface area contributed by atoms with Crippen molar-refractivity contribution in [2.45, 2.75) is 46.0 Å². The summed E-state index contributed by atoms with van der Waals surface area (Å²) < 4.78 is 5.74. The number of rotatable bonds is 8. The lowest BCUT2D eigenvalue weighted by molar-refractivity contribution is 0.00674. The van der Waals surface area contributed by atoms with Gasteiger partial charge in [-0.25, -0.2) is 0 Å². The Morgan fingerprint density at radius 1 is 1.14 bits per heavy atom. The summed E-state index contributed by atoms with van der Waals surface area (Å²) in [7, 11) is 0. The fraction of sp³-hybridized carbons (Fsp3) is 1.00. The molecule has 1 saturated heterocycles. The van der Waals surface area contributed by atoms with Crippen LogP contribution in [0, 0.1) is 5.41 Å². The molecule has 0 unspecified atom stereocenters. The topological polar surface area (TPSA) is 21.3 Å². The molecule has 0 bridgehead atoms. The summed E-state index contributed by atoms with van der Waals surface area (Å²) in [6.45, 7) is 8.73. The number of nitrogens with one attached hydrogen (secondary N) is 1. The van der Waals surface area contributed by atoms with Gasteiger partial charge in [0, 0.05) is 25.1 Å². The second kappa shape index (κ2) is 6.41. The lowest BCUT2D eigenvalue weighted by Crippen LogP contribution is -2.55. The maximum atomic E-state index is 5.74. The van der Waals surface area contributed by atoms with Gasteiger partial charge in [0.25, 0.3) is 0 Å². The summed E-state index contributed by atoms with van der Waals surface area (Å²) >= 11 is 0. The van der Waals surface area contributed by atoms with Gasteiger partial charge < -0.3 is 10.1 Å². The SMILES string of the molecule is CCCCCCOCC1(CC)CNC1. The third-order valence-corrected chi connectivity index (χ3v) is 3.30. The van der Waals surface area contributed by atoms with E-state index in [0.29, 0.717) is 5.41 Å². The summed E-state index contributed by atoms with van der Waals surface area (Å²) in [6, 6.07) is 0. The lowest BCUT2D eigenvalue weighted by Gasteiger charge is -2.41. The van der Waals surface area contributed by atoms with Crippen LogP contribution in [0.5, 0.6) is 0 Å². The Balaban J connectivity index is 1.92. The molecule has 2 heteroatoms. The normalized spacial score (nSPS) is 19.3. The van der Waals surface area contributed by atoms with Crippen molar-refractivity contribution in [2.75, 3.05) is 26.3 Å². The summed E-state index contributed by atoms with van der Waals surface area (Å²) in [6.07, 6.45) is 6.47. The first kappa shape index (κ1) is 12.0. The van der Waals surface area contributed by atoms with Crippen molar-refractivity contribution in [1.29, 1.82) is 0 Å². The molecule has 14 heavy (non-hydrogen) atoms. The van der Waals surface area contributed by atoms with Gasteiger partial charge in [-0.05, 0) is 12.8 Å². The Bertz CT molecular complexity index is 138. The average molecular weight is 199 g/mol. The predicted molar refractivity (Wildman–Crippen MR) is 60.6 cm³/mol. The predicted octanol–water partition coefficient (Wildman–Crippen LogP) is 2.58. The van der Waals surface area contributed by atoms with Gasteiger partial charge in [-0.3, -0.25) is 0 Å². The maximum Gasteiger partial charge on any atom is 0.0546 e. The maximum absolute atomic E-state index is 5.74. The van der Waals surface area contributed by atoms with Crippen molar-refractivity contribution in [2.24, 2.45) is 5.41 Å². The highest BCUT2D eigenvalue weighted by Gasteiger charge is 2.34. The van der Waals surface area contributed by atoms with E-state index >= 15 is 0 Å². The summed E-state index contributed by atoms with van der Waals surface area (Å²) in [4.78, 5) is 0. The van der Waals surface area contributed by atoms with Gasteiger partial charge in [0.15, 0.2) is 0 Å². The van der Waals surface area contributed by atoms with E-state index in [9.17, 15) is 0 Å². The van der Waals surface area contributed by atoms with E-state index in [-0.39, 0.29) is 0 Å². The van der Waals surface area contributed by atoms with Gasteiger partial charge in [-0.15, -0.1) is 0 Å². The fourth-order valence-corrected chi connectivity index (χ4v) is 1.85. The van der Waals surface area contributed by atoms with Crippen LogP contribution in [-0.4, -0.2) is 26.3 Å². The first-order chi connectivity index (χ1) is 6.83. The third-order valence-electron chi connectivity index (χ3n) is 3.30. The van der Waals surface area contributed by atoms with E-state index in [4.69, 9.17) is 4.74 Å². The molecule has 0 aromatic carbocycles. The zero-order valence-electron chi connectivity index (χ0n) is 9.77. The van der Waals surface area contributed by atoms with Crippen LogP contribution in [0.3, 0.4) is 0 Å². The third kappa shape index (κ3) is 3.58. The Morgan fingerprint density at radius 3 is 2.43 bits per heavy atom. The Morgan fingerprint density at radius 2 is 1.93 bits per heavy atom. The molecular weight excluding hydrogens is 174 g/mol. The van der Waals surface area contributed by atoms with Crippen LogP contribution in [-0.2, 0) is 4.74 Å². The zero-order valence-corrected chi connectivity index (χ0v) is 9.77. The Hall–Kier alpha value is -0.0800. The highest BCUT2D eigenvalue weighted by molar-refractivity contribution is 4.90. The first-order valence-electron chi connectivity index (χ1n) is 6.11. The molecule has 0 aromatic rings. The minimum Gasteiger partial charge on any atom is -0.381 e. The number of hydrogen-bond donors (Lipinski definition) is 1. The van der Waals surface area contributed by atoms with Crippen molar-refractivity contribution in [1.82, 2.24) is 5.32 Å². The van der Waals surface area contributed by atoms with E-state index in [1.54, 1.807) is 0 Å². The van der Waals surface area contributed by atoms with Crippen molar-refractivity contribution in [3.05, 3.63) is 0 Å². The Kier molecular flexibility index (Phi) is 5.49. The molecule has 0 aliphatic carbocycles. The van der Waals surface area contributed by atoms with Crippen LogP contribution < -0.4 is 5.32 Å². The molecule has 0 aromatic heterocycles. The van der Waals surface area contributed by atoms with E-state index in [2.05, 4.69) is 19.2 Å².